The molecule has 5 rings (SSSR count). The number of rotatable bonds is 4. The van der Waals surface area contributed by atoms with Gasteiger partial charge in [-0.15, -0.1) is 0 Å². The van der Waals surface area contributed by atoms with Gasteiger partial charge in [0.1, 0.15) is 0 Å². The minimum atomic E-state index is -4.57. The first kappa shape index (κ1) is 26.4. The summed E-state index contributed by atoms with van der Waals surface area (Å²) < 4.78 is 43.9. The Morgan fingerprint density at radius 3 is 2.44 bits per heavy atom. The molecule has 204 valence electrons. The van der Waals surface area contributed by atoms with Crippen LogP contribution in [-0.4, -0.2) is 60.8 Å². The highest BCUT2D eigenvalue weighted by Crippen LogP contribution is 2.32. The normalized spacial score (nSPS) is 16.2. The first-order valence-corrected chi connectivity index (χ1v) is 12.5. The summed E-state index contributed by atoms with van der Waals surface area (Å²) in [6.07, 6.45) is -1.20. The second-order valence-corrected chi connectivity index (χ2v) is 9.84. The second-order valence-electron chi connectivity index (χ2n) is 9.84. The van der Waals surface area contributed by atoms with Crippen LogP contribution in [0.1, 0.15) is 30.8 Å². The molecule has 12 heteroatoms. The van der Waals surface area contributed by atoms with E-state index in [-0.39, 0.29) is 29.7 Å². The smallest absolute Gasteiger partial charge is 0.339 e. The number of hydrogen-bond donors (Lipinski definition) is 0. The lowest BCUT2D eigenvalue weighted by molar-refractivity contribution is -0.138. The third-order valence-electron chi connectivity index (χ3n) is 7.18. The molecule has 0 saturated carbocycles. The summed E-state index contributed by atoms with van der Waals surface area (Å²) in [7, 11) is 1.52. The number of piperazine rings is 1. The van der Waals surface area contributed by atoms with Gasteiger partial charge in [-0.3, -0.25) is 23.9 Å². The van der Waals surface area contributed by atoms with Crippen LogP contribution in [0.5, 0.6) is 0 Å². The molecule has 1 saturated heterocycles. The van der Waals surface area contributed by atoms with Crippen LogP contribution in [0.4, 0.5) is 19.1 Å². The SMILES string of the molecule is CC(=O)N1CCN(c2ncc(-c3ccc4c(=O)n(C)n(Cc5nc(C)ccc5C(F)(F)F)c4c3)cn2)C(C)C1. The average molecular weight is 540 g/mol. The third-order valence-corrected chi connectivity index (χ3v) is 7.18. The van der Waals surface area contributed by atoms with E-state index >= 15 is 0 Å². The van der Waals surface area contributed by atoms with Crippen molar-refractivity contribution < 1.29 is 18.0 Å². The van der Waals surface area contributed by atoms with Gasteiger partial charge in [0, 0.05) is 63.3 Å². The molecule has 9 nitrogen and oxygen atoms in total. The number of halogens is 3. The van der Waals surface area contributed by atoms with Gasteiger partial charge in [-0.05, 0) is 43.7 Å². The predicted molar refractivity (Wildman–Crippen MR) is 140 cm³/mol. The number of hydrogen-bond acceptors (Lipinski definition) is 6. The Bertz CT molecular complexity index is 1610. The zero-order valence-corrected chi connectivity index (χ0v) is 22.0. The van der Waals surface area contributed by atoms with Gasteiger partial charge in [-0.1, -0.05) is 6.07 Å². The first-order chi connectivity index (χ1) is 18.4. The van der Waals surface area contributed by atoms with Crippen LogP contribution in [0, 0.1) is 6.92 Å². The molecule has 0 N–H and O–H groups in total. The number of carbonyl (C=O) groups is 1. The molecule has 1 fully saturated rings. The Labute approximate surface area is 222 Å². The highest BCUT2D eigenvalue weighted by Gasteiger charge is 2.34. The largest absolute Gasteiger partial charge is 0.418 e. The Morgan fingerprint density at radius 1 is 1.08 bits per heavy atom. The molecule has 0 spiro atoms. The number of pyridine rings is 1. The van der Waals surface area contributed by atoms with Gasteiger partial charge in [0.25, 0.3) is 5.56 Å². The number of fused-ring (bicyclic) bond motifs is 1. The zero-order valence-electron chi connectivity index (χ0n) is 22.0. The number of benzene rings is 1. The summed E-state index contributed by atoms with van der Waals surface area (Å²) in [6, 6.07) is 7.59. The summed E-state index contributed by atoms with van der Waals surface area (Å²) in [5, 5.41) is 0.386. The number of alkyl halides is 3. The van der Waals surface area contributed by atoms with E-state index in [1.54, 1.807) is 49.3 Å². The van der Waals surface area contributed by atoms with Crippen molar-refractivity contribution in [3.05, 3.63) is 70.0 Å². The molecule has 0 aliphatic carbocycles. The summed E-state index contributed by atoms with van der Waals surface area (Å²) in [6.45, 7) is 6.78. The minimum Gasteiger partial charge on any atom is -0.339 e. The van der Waals surface area contributed by atoms with E-state index < -0.39 is 11.7 Å². The Hall–Kier alpha value is -4.22. The second kappa shape index (κ2) is 9.83. The molecular weight excluding hydrogens is 511 g/mol. The van der Waals surface area contributed by atoms with Crippen LogP contribution >= 0.6 is 0 Å². The van der Waals surface area contributed by atoms with Gasteiger partial charge in [-0.2, -0.15) is 13.2 Å². The molecule has 1 aliphatic heterocycles. The average Bonchev–Trinajstić information content (AvgIpc) is 3.12. The van der Waals surface area contributed by atoms with Crippen LogP contribution in [0.25, 0.3) is 22.0 Å². The van der Waals surface area contributed by atoms with Crippen LogP contribution in [0.3, 0.4) is 0 Å². The monoisotopic (exact) mass is 539 g/mol. The lowest BCUT2D eigenvalue weighted by Gasteiger charge is -2.39. The molecule has 4 heterocycles. The van der Waals surface area contributed by atoms with E-state index in [1.165, 1.54) is 22.5 Å². The van der Waals surface area contributed by atoms with Crippen molar-refractivity contribution >= 4 is 22.8 Å². The van der Waals surface area contributed by atoms with Crippen molar-refractivity contribution in [2.75, 3.05) is 24.5 Å². The standard InChI is InChI=1S/C27H28F3N7O2/c1-16-5-8-22(27(28,29)30)23(33-16)15-37-24-11-19(6-7-21(24)25(39)34(37)4)20-12-31-26(32-13-20)36-10-9-35(18(3)38)14-17(36)2/h5-8,11-13,17H,9-10,14-15H2,1-4H3. The molecule has 4 aromatic rings. The van der Waals surface area contributed by atoms with Crippen LogP contribution < -0.4 is 10.5 Å². The van der Waals surface area contributed by atoms with Crippen molar-refractivity contribution in [3.63, 3.8) is 0 Å². The van der Waals surface area contributed by atoms with Crippen LogP contribution in [0.15, 0.2) is 47.5 Å². The Balaban J connectivity index is 1.48. The van der Waals surface area contributed by atoms with Crippen LogP contribution in [0.2, 0.25) is 0 Å². The van der Waals surface area contributed by atoms with Crippen LogP contribution in [-0.2, 0) is 24.6 Å². The molecule has 39 heavy (non-hydrogen) atoms. The summed E-state index contributed by atoms with van der Waals surface area (Å²) >= 11 is 0. The van der Waals surface area contributed by atoms with E-state index in [0.717, 1.165) is 11.6 Å². The molecule has 0 bridgehead atoms. The molecular formula is C27H28F3N7O2. The van der Waals surface area contributed by atoms with Gasteiger partial charge < -0.3 is 9.80 Å². The number of aromatic nitrogens is 5. The number of amides is 1. The summed E-state index contributed by atoms with van der Waals surface area (Å²) in [5.41, 5.74) is 1.04. The Morgan fingerprint density at radius 2 is 1.79 bits per heavy atom. The topological polar surface area (TPSA) is 89.2 Å². The van der Waals surface area contributed by atoms with Gasteiger partial charge in [0.2, 0.25) is 11.9 Å². The maximum absolute atomic E-state index is 13.7. The Kier molecular flexibility index (Phi) is 6.65. The molecule has 1 atom stereocenters. The van der Waals surface area contributed by atoms with Gasteiger partial charge in [0.05, 0.1) is 28.7 Å². The van der Waals surface area contributed by atoms with Crippen molar-refractivity contribution in [2.45, 2.75) is 39.5 Å². The summed E-state index contributed by atoms with van der Waals surface area (Å²) in [4.78, 5) is 41.7. The van der Waals surface area contributed by atoms with Gasteiger partial charge >= 0.3 is 6.18 Å². The van der Waals surface area contributed by atoms with E-state index in [2.05, 4.69) is 15.0 Å². The highest BCUT2D eigenvalue weighted by atomic mass is 19.4. The quantitative estimate of drug-likeness (QED) is 0.394. The fraction of sp³-hybridized carbons (Fsp3) is 0.370. The number of carbonyl (C=O) groups excluding carboxylic acids is 1. The lowest BCUT2D eigenvalue weighted by atomic mass is 10.1. The molecule has 1 unspecified atom stereocenters. The maximum atomic E-state index is 13.7. The van der Waals surface area contributed by atoms with Gasteiger partial charge in [0.15, 0.2) is 0 Å². The zero-order chi connectivity index (χ0) is 28.1. The van der Waals surface area contributed by atoms with Crippen molar-refractivity contribution in [3.8, 4) is 11.1 Å². The number of nitrogens with zero attached hydrogens (tertiary/aromatic N) is 7. The van der Waals surface area contributed by atoms with E-state index in [9.17, 15) is 22.8 Å². The predicted octanol–water partition coefficient (Wildman–Crippen LogP) is 3.62. The molecule has 0 radical (unpaired) electrons. The first-order valence-electron chi connectivity index (χ1n) is 12.5. The number of aryl methyl sites for hydroxylation is 1. The van der Waals surface area contributed by atoms with E-state index in [4.69, 9.17) is 0 Å². The van der Waals surface area contributed by atoms with Crippen molar-refractivity contribution in [1.29, 1.82) is 0 Å². The molecule has 1 amide bonds. The number of anilines is 1. The lowest BCUT2D eigenvalue weighted by Crippen LogP contribution is -2.53. The highest BCUT2D eigenvalue weighted by molar-refractivity contribution is 5.84. The van der Waals surface area contributed by atoms with Crippen molar-refractivity contribution in [2.24, 2.45) is 7.05 Å². The van der Waals surface area contributed by atoms with E-state index in [0.29, 0.717) is 47.7 Å². The van der Waals surface area contributed by atoms with Crippen molar-refractivity contribution in [1.82, 2.24) is 29.2 Å². The van der Waals surface area contributed by atoms with Gasteiger partial charge in [-0.25, -0.2) is 9.97 Å². The minimum absolute atomic E-state index is 0.0420. The molecule has 1 aromatic carbocycles. The van der Waals surface area contributed by atoms with E-state index in [1.807, 2.05) is 11.8 Å². The third kappa shape index (κ3) is 4.98. The fourth-order valence-corrected chi connectivity index (χ4v) is 5.03. The fourth-order valence-electron chi connectivity index (χ4n) is 5.03. The maximum Gasteiger partial charge on any atom is 0.418 e. The molecule has 1 aliphatic rings. The summed E-state index contributed by atoms with van der Waals surface area (Å²) in [5.74, 6) is 0.595. The molecule has 3 aromatic heterocycles.